The third-order valence-electron chi connectivity index (χ3n) is 5.15. The molecule has 3 aromatic rings. The van der Waals surface area contributed by atoms with Crippen LogP contribution in [0.15, 0.2) is 93.9 Å². The predicted octanol–water partition coefficient (Wildman–Crippen LogP) is 3.48. The maximum Gasteiger partial charge on any atom is 0.276 e. The molecule has 31 heavy (non-hydrogen) atoms. The van der Waals surface area contributed by atoms with Crippen LogP contribution in [0.25, 0.3) is 5.70 Å². The quantitative estimate of drug-likeness (QED) is 0.626. The summed E-state index contributed by atoms with van der Waals surface area (Å²) in [6.45, 7) is 0. The van der Waals surface area contributed by atoms with Gasteiger partial charge in [0.15, 0.2) is 11.3 Å². The van der Waals surface area contributed by atoms with Crippen molar-refractivity contribution in [1.29, 1.82) is 0 Å². The zero-order chi connectivity index (χ0) is 21.2. The molecule has 0 spiro atoms. The second kappa shape index (κ2) is 8.61. The minimum atomic E-state index is -0.390. The number of fused-ring (bicyclic) bond motifs is 2. The van der Waals surface area contributed by atoms with Crippen LogP contribution >= 0.6 is 23.5 Å². The molecular formula is C24H20N4OS2. The SMILES string of the molecule is CSc1ccc([C@@H]2N=c3ccccc3=C3C(=O)NC(SCc4ccccc4)=NN32)cc1. The second-order valence-corrected chi connectivity index (χ2v) is 8.96. The van der Waals surface area contributed by atoms with Gasteiger partial charge in [0.1, 0.15) is 5.70 Å². The van der Waals surface area contributed by atoms with Gasteiger partial charge in [0.25, 0.3) is 5.91 Å². The first-order chi connectivity index (χ1) is 15.2. The van der Waals surface area contributed by atoms with Crippen LogP contribution in [-0.2, 0) is 10.5 Å². The first-order valence-electron chi connectivity index (χ1n) is 9.90. The Morgan fingerprint density at radius 3 is 2.48 bits per heavy atom. The molecule has 3 aromatic carbocycles. The van der Waals surface area contributed by atoms with E-state index in [9.17, 15) is 4.79 Å². The van der Waals surface area contributed by atoms with E-state index in [-0.39, 0.29) is 12.1 Å². The zero-order valence-corrected chi connectivity index (χ0v) is 18.5. The number of hydrogen-bond donors (Lipinski definition) is 1. The van der Waals surface area contributed by atoms with Gasteiger partial charge in [0.2, 0.25) is 0 Å². The molecule has 0 fully saturated rings. The highest BCUT2D eigenvalue weighted by atomic mass is 32.2. The summed E-state index contributed by atoms with van der Waals surface area (Å²) >= 11 is 3.21. The Balaban J connectivity index is 1.56. The number of nitrogens with zero attached hydrogens (tertiary/aromatic N) is 3. The molecule has 5 nitrogen and oxygen atoms in total. The van der Waals surface area contributed by atoms with Crippen molar-refractivity contribution in [1.82, 2.24) is 10.3 Å². The third-order valence-corrected chi connectivity index (χ3v) is 6.83. The standard InChI is InChI=1S/C24H20N4OS2/c1-30-18-13-11-17(12-14-18)22-25-20-10-6-5-9-19(20)21-23(29)26-24(27-28(21)22)31-15-16-7-3-2-4-8-16/h2-14,22H,15H2,1H3,(H,26,27,29)/t22-/m1/s1. The van der Waals surface area contributed by atoms with Crippen LogP contribution in [-0.4, -0.2) is 22.3 Å². The number of rotatable bonds is 4. The molecule has 1 N–H and O–H groups in total. The summed E-state index contributed by atoms with van der Waals surface area (Å²) in [5.74, 6) is 0.572. The van der Waals surface area contributed by atoms with Crippen molar-refractivity contribution in [2.45, 2.75) is 16.8 Å². The summed E-state index contributed by atoms with van der Waals surface area (Å²) in [5.41, 5.74) is 2.71. The molecule has 0 saturated heterocycles. The average Bonchev–Trinajstić information content (AvgIpc) is 2.83. The van der Waals surface area contributed by atoms with Crippen LogP contribution in [0, 0.1) is 0 Å². The van der Waals surface area contributed by atoms with E-state index in [2.05, 4.69) is 48.0 Å². The van der Waals surface area contributed by atoms with Crippen LogP contribution in [0.1, 0.15) is 17.3 Å². The monoisotopic (exact) mass is 444 g/mol. The van der Waals surface area contributed by atoms with E-state index in [1.807, 2.05) is 42.5 Å². The van der Waals surface area contributed by atoms with Crippen LogP contribution in [0.2, 0.25) is 0 Å². The first kappa shape index (κ1) is 19.9. The number of thioether (sulfide) groups is 2. The third kappa shape index (κ3) is 3.98. The van der Waals surface area contributed by atoms with Crippen molar-refractivity contribution < 1.29 is 4.79 Å². The number of para-hydroxylation sites is 1. The Kier molecular flexibility index (Phi) is 5.53. The number of hydrazone groups is 1. The number of benzene rings is 3. The fourth-order valence-corrected chi connectivity index (χ4v) is 4.83. The van der Waals surface area contributed by atoms with Gasteiger partial charge in [-0.3, -0.25) is 15.1 Å². The summed E-state index contributed by atoms with van der Waals surface area (Å²) in [6.07, 6.45) is 1.66. The van der Waals surface area contributed by atoms with Crippen molar-refractivity contribution in [2.24, 2.45) is 10.1 Å². The molecule has 0 radical (unpaired) electrons. The Morgan fingerprint density at radius 2 is 1.71 bits per heavy atom. The summed E-state index contributed by atoms with van der Waals surface area (Å²) in [5, 5.41) is 11.7. The molecule has 2 aliphatic rings. The minimum Gasteiger partial charge on any atom is -0.298 e. The molecule has 0 aromatic heterocycles. The summed E-state index contributed by atoms with van der Waals surface area (Å²) in [4.78, 5) is 19.3. The summed E-state index contributed by atoms with van der Waals surface area (Å²) < 4.78 is 0. The van der Waals surface area contributed by atoms with Gasteiger partial charge in [-0.05, 0) is 35.6 Å². The highest BCUT2D eigenvalue weighted by Gasteiger charge is 2.34. The molecule has 0 unspecified atom stereocenters. The lowest BCUT2D eigenvalue weighted by atomic mass is 10.1. The van der Waals surface area contributed by atoms with E-state index in [1.165, 1.54) is 22.2 Å². The van der Waals surface area contributed by atoms with Crippen molar-refractivity contribution in [2.75, 3.05) is 6.26 Å². The van der Waals surface area contributed by atoms with Gasteiger partial charge in [-0.15, -0.1) is 16.9 Å². The van der Waals surface area contributed by atoms with Crippen LogP contribution in [0.5, 0.6) is 0 Å². The predicted molar refractivity (Wildman–Crippen MR) is 127 cm³/mol. The van der Waals surface area contributed by atoms with E-state index < -0.39 is 0 Å². The van der Waals surface area contributed by atoms with Gasteiger partial charge in [0, 0.05) is 15.9 Å². The molecule has 0 bridgehead atoms. The van der Waals surface area contributed by atoms with Gasteiger partial charge >= 0.3 is 0 Å². The van der Waals surface area contributed by atoms with E-state index in [1.54, 1.807) is 16.8 Å². The lowest BCUT2D eigenvalue weighted by Gasteiger charge is -2.34. The van der Waals surface area contributed by atoms with Crippen molar-refractivity contribution in [3.63, 3.8) is 0 Å². The van der Waals surface area contributed by atoms with E-state index in [0.29, 0.717) is 10.9 Å². The largest absolute Gasteiger partial charge is 0.298 e. The van der Waals surface area contributed by atoms with E-state index in [0.717, 1.165) is 21.9 Å². The topological polar surface area (TPSA) is 57.1 Å². The van der Waals surface area contributed by atoms with Crippen molar-refractivity contribution >= 4 is 40.3 Å². The van der Waals surface area contributed by atoms with Gasteiger partial charge in [0.05, 0.1) is 5.36 Å². The molecule has 154 valence electrons. The lowest BCUT2D eigenvalue weighted by Crippen LogP contribution is -2.50. The van der Waals surface area contributed by atoms with Gasteiger partial charge in [-0.25, -0.2) is 5.01 Å². The van der Waals surface area contributed by atoms with Crippen LogP contribution in [0.4, 0.5) is 0 Å². The molecule has 1 atom stereocenters. The highest BCUT2D eigenvalue weighted by molar-refractivity contribution is 8.13. The minimum absolute atomic E-state index is 0.154. The van der Waals surface area contributed by atoms with Gasteiger partial charge in [-0.1, -0.05) is 72.4 Å². The fraction of sp³-hybridized carbons (Fsp3) is 0.125. The molecule has 2 aliphatic heterocycles. The molecular weight excluding hydrogens is 424 g/mol. The second-order valence-electron chi connectivity index (χ2n) is 7.12. The molecule has 7 heteroatoms. The Bertz CT molecular complexity index is 1270. The number of amides is 1. The number of carbonyl (C=O) groups is 1. The summed E-state index contributed by atoms with van der Waals surface area (Å²) in [6, 6.07) is 26.2. The zero-order valence-electron chi connectivity index (χ0n) is 16.9. The molecule has 1 amide bonds. The summed E-state index contributed by atoms with van der Waals surface area (Å²) in [7, 11) is 0. The van der Waals surface area contributed by atoms with E-state index >= 15 is 0 Å². The van der Waals surface area contributed by atoms with Crippen molar-refractivity contribution in [3.05, 3.63) is 101 Å². The molecule has 2 heterocycles. The van der Waals surface area contributed by atoms with Crippen LogP contribution < -0.4 is 15.9 Å². The lowest BCUT2D eigenvalue weighted by molar-refractivity contribution is -0.116. The number of nitrogens with one attached hydrogen (secondary N) is 1. The fourth-order valence-electron chi connectivity index (χ4n) is 3.61. The smallest absolute Gasteiger partial charge is 0.276 e. The normalized spacial score (nSPS) is 17.3. The van der Waals surface area contributed by atoms with E-state index in [4.69, 9.17) is 10.1 Å². The average molecular weight is 445 g/mol. The Hall–Kier alpha value is -3.03. The Labute approximate surface area is 189 Å². The van der Waals surface area contributed by atoms with Crippen molar-refractivity contribution in [3.8, 4) is 0 Å². The maximum atomic E-state index is 13.2. The van der Waals surface area contributed by atoms with Gasteiger partial charge < -0.3 is 0 Å². The number of hydrogen-bond acceptors (Lipinski definition) is 6. The number of amidine groups is 1. The molecule has 5 rings (SSSR count). The van der Waals surface area contributed by atoms with Gasteiger partial charge in [-0.2, -0.15) is 0 Å². The highest BCUT2D eigenvalue weighted by Crippen LogP contribution is 2.32. The Morgan fingerprint density at radius 1 is 0.968 bits per heavy atom. The first-order valence-corrected chi connectivity index (χ1v) is 12.1. The number of carbonyl (C=O) groups excluding carboxylic acids is 1. The molecule has 0 aliphatic carbocycles. The molecule has 0 saturated carbocycles. The maximum absolute atomic E-state index is 13.2. The van der Waals surface area contributed by atoms with Crippen LogP contribution in [0.3, 0.4) is 0 Å².